The third-order valence-electron chi connectivity index (χ3n) is 5.23. The Bertz CT molecular complexity index is 1180. The smallest absolute Gasteiger partial charge is 0.178 e. The highest BCUT2D eigenvalue weighted by molar-refractivity contribution is 7.91. The first-order valence-electron chi connectivity index (χ1n) is 9.44. The van der Waals surface area contributed by atoms with E-state index in [1.165, 1.54) is 19.1 Å². The Balaban J connectivity index is 1.72. The van der Waals surface area contributed by atoms with Crippen molar-refractivity contribution in [2.45, 2.75) is 13.5 Å². The van der Waals surface area contributed by atoms with Crippen molar-refractivity contribution in [2.24, 2.45) is 0 Å². The quantitative estimate of drug-likeness (QED) is 0.614. The Morgan fingerprint density at radius 3 is 2.41 bits per heavy atom. The molecule has 0 saturated carbocycles. The number of benzene rings is 2. The van der Waals surface area contributed by atoms with Crippen LogP contribution in [0.1, 0.15) is 23.0 Å². The number of Topliss-reactive ketones (excluding diaryl/α,β-unsaturated/α-hetero) is 1. The van der Waals surface area contributed by atoms with E-state index in [-0.39, 0.29) is 23.1 Å². The Kier molecular flexibility index (Phi) is 5.19. The van der Waals surface area contributed by atoms with Gasteiger partial charge in [-0.15, -0.1) is 0 Å². The van der Waals surface area contributed by atoms with Gasteiger partial charge in [-0.1, -0.05) is 24.3 Å². The fourth-order valence-corrected chi connectivity index (χ4v) is 4.86. The van der Waals surface area contributed by atoms with Crippen LogP contribution in [0.25, 0.3) is 22.0 Å². The number of hydrogen-bond acceptors (Lipinski definition) is 5. The summed E-state index contributed by atoms with van der Waals surface area (Å²) in [7, 11) is -2.92. The van der Waals surface area contributed by atoms with Gasteiger partial charge in [-0.2, -0.15) is 0 Å². The molecule has 1 aromatic heterocycles. The van der Waals surface area contributed by atoms with Gasteiger partial charge >= 0.3 is 0 Å². The third kappa shape index (κ3) is 4.36. The van der Waals surface area contributed by atoms with E-state index in [4.69, 9.17) is 0 Å². The second-order valence-corrected chi connectivity index (χ2v) is 9.70. The second-order valence-electron chi connectivity index (χ2n) is 7.40. The van der Waals surface area contributed by atoms with E-state index < -0.39 is 9.84 Å². The van der Waals surface area contributed by atoms with Gasteiger partial charge in [-0.3, -0.25) is 9.69 Å². The molecule has 2 aromatic carbocycles. The molecule has 0 unspecified atom stereocenters. The molecule has 150 valence electrons. The number of rotatable bonds is 4. The largest absolute Gasteiger partial charge is 0.297 e. The molecule has 7 heteroatoms. The van der Waals surface area contributed by atoms with Gasteiger partial charge in [0.15, 0.2) is 15.6 Å². The van der Waals surface area contributed by atoms with Gasteiger partial charge in [0.2, 0.25) is 0 Å². The highest BCUT2D eigenvalue weighted by atomic mass is 32.2. The Hall–Kier alpha value is -2.64. The molecular weight excluding hydrogens is 391 g/mol. The molecule has 2 heterocycles. The zero-order chi connectivity index (χ0) is 20.6. The van der Waals surface area contributed by atoms with Crippen molar-refractivity contribution >= 4 is 26.5 Å². The van der Waals surface area contributed by atoms with Crippen LogP contribution in [0.15, 0.2) is 48.5 Å². The van der Waals surface area contributed by atoms with Crippen molar-refractivity contribution in [3.05, 3.63) is 65.6 Å². The average Bonchev–Trinajstić information content (AvgIpc) is 2.69. The number of halogens is 1. The van der Waals surface area contributed by atoms with E-state index in [0.29, 0.717) is 30.8 Å². The number of hydrogen-bond donors (Lipinski definition) is 0. The van der Waals surface area contributed by atoms with Gasteiger partial charge in [-0.25, -0.2) is 17.8 Å². The summed E-state index contributed by atoms with van der Waals surface area (Å²) < 4.78 is 36.6. The van der Waals surface area contributed by atoms with Gasteiger partial charge in [0.1, 0.15) is 11.5 Å². The Labute approximate surface area is 169 Å². The minimum Gasteiger partial charge on any atom is -0.297 e. The standard InChI is InChI=1S/C22H21FN2O3S/c1-15(26)21-13-20(17-3-5-18(23)6-4-17)19-7-2-16(12-22(19)24-21)14-25-8-10-29(27,28)11-9-25/h2-7,12-13H,8-11,14H2,1H3. The van der Waals surface area contributed by atoms with Crippen molar-refractivity contribution in [2.75, 3.05) is 24.6 Å². The first-order valence-corrected chi connectivity index (χ1v) is 11.3. The second kappa shape index (κ2) is 7.65. The summed E-state index contributed by atoms with van der Waals surface area (Å²) in [5.74, 6) is -0.0870. The van der Waals surface area contributed by atoms with Gasteiger partial charge in [-0.05, 0) is 41.0 Å². The van der Waals surface area contributed by atoms with E-state index in [0.717, 1.165) is 22.1 Å². The molecule has 29 heavy (non-hydrogen) atoms. The van der Waals surface area contributed by atoms with Crippen molar-refractivity contribution in [3.8, 4) is 11.1 Å². The molecule has 0 bridgehead atoms. The topological polar surface area (TPSA) is 67.3 Å². The van der Waals surface area contributed by atoms with Crippen LogP contribution in [-0.2, 0) is 16.4 Å². The number of ketones is 1. The summed E-state index contributed by atoms with van der Waals surface area (Å²) in [5, 5.41) is 0.881. The minimum atomic E-state index is -2.92. The molecule has 1 aliphatic rings. The Morgan fingerprint density at radius 2 is 1.76 bits per heavy atom. The van der Waals surface area contributed by atoms with Crippen molar-refractivity contribution < 1.29 is 17.6 Å². The molecule has 0 atom stereocenters. The molecule has 0 amide bonds. The summed E-state index contributed by atoms with van der Waals surface area (Å²) in [6.07, 6.45) is 0. The number of fused-ring (bicyclic) bond motifs is 1. The normalized spacial score (nSPS) is 16.8. The number of carbonyl (C=O) groups excluding carboxylic acids is 1. The van der Waals surface area contributed by atoms with Crippen LogP contribution in [0, 0.1) is 5.82 Å². The van der Waals surface area contributed by atoms with Gasteiger partial charge < -0.3 is 0 Å². The number of sulfone groups is 1. The first-order chi connectivity index (χ1) is 13.8. The molecule has 0 radical (unpaired) electrons. The average molecular weight is 412 g/mol. The summed E-state index contributed by atoms with van der Waals surface area (Å²) in [6, 6.07) is 13.8. The minimum absolute atomic E-state index is 0.137. The number of aromatic nitrogens is 1. The predicted octanol–water partition coefficient (Wildman–Crippen LogP) is 3.47. The fraction of sp³-hybridized carbons (Fsp3) is 0.273. The molecule has 0 N–H and O–H groups in total. The first kappa shape index (κ1) is 19.7. The van der Waals surface area contributed by atoms with Crippen LogP contribution in [0.3, 0.4) is 0 Å². The number of carbonyl (C=O) groups is 1. The van der Waals surface area contributed by atoms with Crippen molar-refractivity contribution in [3.63, 3.8) is 0 Å². The maximum atomic E-state index is 13.3. The zero-order valence-corrected chi connectivity index (χ0v) is 16.9. The molecule has 0 spiro atoms. The SMILES string of the molecule is CC(=O)c1cc(-c2ccc(F)cc2)c2ccc(CN3CCS(=O)(=O)CC3)cc2n1. The van der Waals surface area contributed by atoms with Gasteiger partial charge in [0.25, 0.3) is 0 Å². The van der Waals surface area contributed by atoms with E-state index in [1.54, 1.807) is 18.2 Å². The molecule has 1 saturated heterocycles. The highest BCUT2D eigenvalue weighted by Gasteiger charge is 2.21. The summed E-state index contributed by atoms with van der Waals surface area (Å²) in [4.78, 5) is 18.6. The van der Waals surface area contributed by atoms with Crippen molar-refractivity contribution in [1.29, 1.82) is 0 Å². The van der Waals surface area contributed by atoms with Crippen LogP contribution < -0.4 is 0 Å². The molecule has 4 rings (SSSR count). The lowest BCUT2D eigenvalue weighted by Crippen LogP contribution is -2.39. The third-order valence-corrected chi connectivity index (χ3v) is 6.84. The lowest BCUT2D eigenvalue weighted by atomic mass is 9.98. The van der Waals surface area contributed by atoms with Gasteiger partial charge in [0.05, 0.1) is 17.0 Å². The van der Waals surface area contributed by atoms with E-state index in [9.17, 15) is 17.6 Å². The molecule has 5 nitrogen and oxygen atoms in total. The number of nitrogens with zero attached hydrogens (tertiary/aromatic N) is 2. The lowest BCUT2D eigenvalue weighted by molar-refractivity contribution is 0.101. The molecule has 1 aliphatic heterocycles. The Morgan fingerprint density at radius 1 is 1.07 bits per heavy atom. The van der Waals surface area contributed by atoms with Crippen LogP contribution in [0.4, 0.5) is 4.39 Å². The highest BCUT2D eigenvalue weighted by Crippen LogP contribution is 2.30. The van der Waals surface area contributed by atoms with E-state index in [1.807, 2.05) is 18.2 Å². The predicted molar refractivity (Wildman–Crippen MR) is 111 cm³/mol. The van der Waals surface area contributed by atoms with Crippen molar-refractivity contribution in [1.82, 2.24) is 9.88 Å². The van der Waals surface area contributed by atoms with E-state index in [2.05, 4.69) is 9.88 Å². The monoisotopic (exact) mass is 412 g/mol. The van der Waals surface area contributed by atoms with Crippen LogP contribution in [-0.4, -0.2) is 48.7 Å². The maximum absolute atomic E-state index is 13.3. The zero-order valence-electron chi connectivity index (χ0n) is 16.1. The van der Waals surface area contributed by atoms with Crippen LogP contribution in [0.5, 0.6) is 0 Å². The van der Waals surface area contributed by atoms with Crippen LogP contribution >= 0.6 is 0 Å². The number of pyridine rings is 1. The molecule has 3 aromatic rings. The molecule has 1 fully saturated rings. The summed E-state index contributed by atoms with van der Waals surface area (Å²) in [5.41, 5.74) is 3.71. The fourth-order valence-electron chi connectivity index (χ4n) is 3.59. The van der Waals surface area contributed by atoms with Gasteiger partial charge in [0, 0.05) is 31.9 Å². The summed E-state index contributed by atoms with van der Waals surface area (Å²) >= 11 is 0. The maximum Gasteiger partial charge on any atom is 0.178 e. The lowest BCUT2D eigenvalue weighted by Gasteiger charge is -2.26. The summed E-state index contributed by atoms with van der Waals surface area (Å²) in [6.45, 7) is 3.13. The molecule has 0 aliphatic carbocycles. The molecular formula is C22H21FN2O3S. The van der Waals surface area contributed by atoms with Crippen LogP contribution in [0.2, 0.25) is 0 Å². The van der Waals surface area contributed by atoms with E-state index >= 15 is 0 Å².